The van der Waals surface area contributed by atoms with Gasteiger partial charge in [0.05, 0.1) is 4.92 Å². The molecule has 1 amide bonds. The molecule has 0 radical (unpaired) electrons. The van der Waals surface area contributed by atoms with Gasteiger partial charge in [-0.3, -0.25) is 19.6 Å². The summed E-state index contributed by atoms with van der Waals surface area (Å²) in [7, 11) is 0. The first kappa shape index (κ1) is 12.2. The summed E-state index contributed by atoms with van der Waals surface area (Å²) in [5.41, 5.74) is -0.239. The highest BCUT2D eigenvalue weighted by molar-refractivity contribution is 5.96. The van der Waals surface area contributed by atoms with E-state index in [1.807, 2.05) is 6.92 Å². The third-order valence-electron chi connectivity index (χ3n) is 2.07. The zero-order chi connectivity index (χ0) is 12.1. The Morgan fingerprint density at radius 2 is 2.31 bits per heavy atom. The Bertz CT molecular complexity index is 399. The lowest BCUT2D eigenvalue weighted by atomic mass is 10.3. The van der Waals surface area contributed by atoms with Crippen molar-refractivity contribution in [1.29, 1.82) is 0 Å². The predicted octanol–water partition coefficient (Wildman–Crippen LogP) is 0.951. The maximum absolute atomic E-state index is 11.7. The average Bonchev–Trinajstić information content (AvgIpc) is 2.69. The third-order valence-corrected chi connectivity index (χ3v) is 2.07. The molecule has 7 heteroatoms. The Morgan fingerprint density at radius 3 is 2.81 bits per heavy atom. The van der Waals surface area contributed by atoms with E-state index in [1.165, 1.54) is 4.68 Å². The van der Waals surface area contributed by atoms with Gasteiger partial charge in [-0.2, -0.15) is 5.10 Å². The Balaban J connectivity index is 3.03. The molecule has 0 saturated carbocycles. The van der Waals surface area contributed by atoms with Gasteiger partial charge in [-0.1, -0.05) is 6.92 Å². The predicted molar refractivity (Wildman–Crippen MR) is 57.2 cm³/mol. The molecule has 0 aromatic carbocycles. The molecule has 0 saturated heterocycles. The molecule has 1 rings (SSSR count). The molecule has 7 nitrogen and oxygen atoms in total. The molecule has 0 bridgehead atoms. The smallest absolute Gasteiger partial charge is 0.320 e. The van der Waals surface area contributed by atoms with Crippen molar-refractivity contribution in [2.75, 3.05) is 6.54 Å². The SMILES string of the molecule is CCCNC(=O)c1c([N+](=O)[O-])cnn1CC. The molecule has 0 aliphatic heterocycles. The fourth-order valence-electron chi connectivity index (χ4n) is 1.30. The van der Waals surface area contributed by atoms with Crippen molar-refractivity contribution in [3.8, 4) is 0 Å². The number of carbonyl (C=O) groups is 1. The van der Waals surface area contributed by atoms with Crippen LogP contribution < -0.4 is 5.32 Å². The first-order valence-corrected chi connectivity index (χ1v) is 5.10. The number of aromatic nitrogens is 2. The minimum atomic E-state index is -0.597. The van der Waals surface area contributed by atoms with Gasteiger partial charge in [-0.25, -0.2) is 0 Å². The Morgan fingerprint density at radius 1 is 1.62 bits per heavy atom. The van der Waals surface area contributed by atoms with Crippen molar-refractivity contribution in [3.05, 3.63) is 22.0 Å². The highest BCUT2D eigenvalue weighted by Gasteiger charge is 2.25. The van der Waals surface area contributed by atoms with Crippen molar-refractivity contribution in [3.63, 3.8) is 0 Å². The highest BCUT2D eigenvalue weighted by atomic mass is 16.6. The molecule has 1 N–H and O–H groups in total. The number of nitrogens with zero attached hydrogens (tertiary/aromatic N) is 3. The summed E-state index contributed by atoms with van der Waals surface area (Å²) in [4.78, 5) is 21.8. The number of rotatable bonds is 5. The maximum atomic E-state index is 11.7. The quantitative estimate of drug-likeness (QED) is 0.597. The number of nitrogens with one attached hydrogen (secondary N) is 1. The van der Waals surface area contributed by atoms with Crippen molar-refractivity contribution < 1.29 is 9.72 Å². The molecule has 0 aliphatic carbocycles. The molecule has 0 fully saturated rings. The summed E-state index contributed by atoms with van der Waals surface area (Å²) in [6.45, 7) is 4.59. The van der Waals surface area contributed by atoms with Crippen LogP contribution in [0.2, 0.25) is 0 Å². The van der Waals surface area contributed by atoms with E-state index < -0.39 is 10.8 Å². The van der Waals surface area contributed by atoms with Crippen molar-refractivity contribution in [1.82, 2.24) is 15.1 Å². The molecule has 1 aromatic heterocycles. The van der Waals surface area contributed by atoms with Crippen LogP contribution in [0.5, 0.6) is 0 Å². The van der Waals surface area contributed by atoms with Gasteiger partial charge in [0.2, 0.25) is 5.69 Å². The van der Waals surface area contributed by atoms with Gasteiger partial charge < -0.3 is 5.32 Å². The summed E-state index contributed by atoms with van der Waals surface area (Å²) in [6.07, 6.45) is 1.88. The van der Waals surface area contributed by atoms with Gasteiger partial charge in [0.25, 0.3) is 5.91 Å². The van der Waals surface area contributed by atoms with Gasteiger partial charge >= 0.3 is 5.69 Å². The van der Waals surface area contributed by atoms with E-state index in [0.717, 1.165) is 12.6 Å². The highest BCUT2D eigenvalue weighted by Crippen LogP contribution is 2.17. The first-order chi connectivity index (χ1) is 7.61. The zero-order valence-electron chi connectivity index (χ0n) is 9.27. The van der Waals surface area contributed by atoms with Gasteiger partial charge in [0.15, 0.2) is 0 Å². The van der Waals surface area contributed by atoms with Crippen LogP contribution in [0.15, 0.2) is 6.20 Å². The van der Waals surface area contributed by atoms with E-state index in [0.29, 0.717) is 13.1 Å². The Labute approximate surface area is 92.6 Å². The van der Waals surface area contributed by atoms with Crippen molar-refractivity contribution >= 4 is 11.6 Å². The van der Waals surface area contributed by atoms with Gasteiger partial charge in [0.1, 0.15) is 6.20 Å². The number of hydrogen-bond acceptors (Lipinski definition) is 4. The largest absolute Gasteiger partial charge is 0.350 e. The summed E-state index contributed by atoms with van der Waals surface area (Å²) in [6, 6.07) is 0. The van der Waals surface area contributed by atoms with E-state index in [4.69, 9.17) is 0 Å². The molecular weight excluding hydrogens is 212 g/mol. The number of carbonyl (C=O) groups excluding carboxylic acids is 1. The van der Waals surface area contributed by atoms with E-state index in [2.05, 4.69) is 10.4 Å². The minimum Gasteiger partial charge on any atom is -0.350 e. The number of hydrogen-bond donors (Lipinski definition) is 1. The zero-order valence-corrected chi connectivity index (χ0v) is 9.27. The van der Waals surface area contributed by atoms with Crippen LogP contribution in [0.1, 0.15) is 30.8 Å². The molecule has 0 aliphatic rings. The summed E-state index contributed by atoms with van der Waals surface area (Å²) in [5, 5.41) is 17.1. The number of aryl methyl sites for hydroxylation is 1. The van der Waals surface area contributed by atoms with Gasteiger partial charge in [0, 0.05) is 13.1 Å². The molecule has 16 heavy (non-hydrogen) atoms. The van der Waals surface area contributed by atoms with Crippen LogP contribution in [-0.4, -0.2) is 27.2 Å². The summed E-state index contributed by atoms with van der Waals surface area (Å²) < 4.78 is 1.32. The standard InChI is InChI=1S/C9H14N4O3/c1-3-5-10-9(14)8-7(13(15)16)6-11-12(8)4-2/h6H,3-5H2,1-2H3,(H,10,14). The fourth-order valence-corrected chi connectivity index (χ4v) is 1.30. The topological polar surface area (TPSA) is 90.1 Å². The summed E-state index contributed by atoms with van der Waals surface area (Å²) >= 11 is 0. The normalized spacial score (nSPS) is 10.1. The van der Waals surface area contributed by atoms with Gasteiger partial charge in [-0.05, 0) is 13.3 Å². The Hall–Kier alpha value is -1.92. The first-order valence-electron chi connectivity index (χ1n) is 5.10. The molecule has 1 aromatic rings. The molecule has 0 atom stereocenters. The van der Waals surface area contributed by atoms with Gasteiger partial charge in [-0.15, -0.1) is 0 Å². The van der Waals surface area contributed by atoms with Crippen LogP contribution in [0, 0.1) is 10.1 Å². The fraction of sp³-hybridized carbons (Fsp3) is 0.556. The molecule has 0 unspecified atom stereocenters. The number of amides is 1. The lowest BCUT2D eigenvalue weighted by Crippen LogP contribution is -2.27. The van der Waals surface area contributed by atoms with Crippen molar-refractivity contribution in [2.24, 2.45) is 0 Å². The van der Waals surface area contributed by atoms with E-state index in [-0.39, 0.29) is 11.4 Å². The van der Waals surface area contributed by atoms with Crippen LogP contribution in [0.25, 0.3) is 0 Å². The summed E-state index contributed by atoms with van der Waals surface area (Å²) in [5.74, 6) is -0.451. The monoisotopic (exact) mass is 226 g/mol. The lowest BCUT2D eigenvalue weighted by Gasteiger charge is -2.04. The molecule has 1 heterocycles. The second kappa shape index (κ2) is 5.24. The third kappa shape index (κ3) is 2.36. The average molecular weight is 226 g/mol. The molecule has 88 valence electrons. The second-order valence-corrected chi connectivity index (χ2v) is 3.21. The Kier molecular flexibility index (Phi) is 3.98. The van der Waals surface area contributed by atoms with Crippen LogP contribution in [-0.2, 0) is 6.54 Å². The van der Waals surface area contributed by atoms with Crippen molar-refractivity contribution in [2.45, 2.75) is 26.8 Å². The molecular formula is C9H14N4O3. The maximum Gasteiger partial charge on any atom is 0.320 e. The van der Waals surface area contributed by atoms with Crippen LogP contribution in [0.4, 0.5) is 5.69 Å². The molecule has 0 spiro atoms. The van der Waals surface area contributed by atoms with Crippen LogP contribution in [0.3, 0.4) is 0 Å². The van der Waals surface area contributed by atoms with E-state index in [9.17, 15) is 14.9 Å². The van der Waals surface area contributed by atoms with Crippen LogP contribution >= 0.6 is 0 Å². The number of nitro groups is 1. The minimum absolute atomic E-state index is 0.0148. The van der Waals surface area contributed by atoms with E-state index in [1.54, 1.807) is 6.92 Å². The second-order valence-electron chi connectivity index (χ2n) is 3.21. The lowest BCUT2D eigenvalue weighted by molar-refractivity contribution is -0.385. The van der Waals surface area contributed by atoms with E-state index >= 15 is 0 Å².